The van der Waals surface area contributed by atoms with Crippen LogP contribution in [0, 0.1) is 0 Å². The average Bonchev–Trinajstić information content (AvgIpc) is 3.02. The fourth-order valence-corrected chi connectivity index (χ4v) is 5.80. The number of halogens is 4. The molecule has 238 valence electrons. The van der Waals surface area contributed by atoms with E-state index in [1.807, 2.05) is 84.9 Å². The van der Waals surface area contributed by atoms with Crippen molar-refractivity contribution in [1.29, 1.82) is 0 Å². The van der Waals surface area contributed by atoms with Crippen molar-refractivity contribution >= 4 is 17.6 Å². The Labute approximate surface area is 267 Å². The van der Waals surface area contributed by atoms with Crippen LogP contribution in [-0.4, -0.2) is 54.2 Å². The summed E-state index contributed by atoms with van der Waals surface area (Å²) in [5.74, 6) is -0.163. The summed E-state index contributed by atoms with van der Waals surface area (Å²) >= 11 is 6.40. The molecule has 0 atom stereocenters. The number of alkyl halides is 3. The minimum absolute atomic E-state index is 0.0245. The Morgan fingerprint density at radius 2 is 1.49 bits per heavy atom. The van der Waals surface area contributed by atoms with Crippen molar-refractivity contribution in [1.82, 2.24) is 9.80 Å². The van der Waals surface area contributed by atoms with Crippen molar-refractivity contribution in [2.45, 2.75) is 38.0 Å². The van der Waals surface area contributed by atoms with Gasteiger partial charge in [0.15, 0.2) is 0 Å². The molecule has 0 saturated heterocycles. The summed E-state index contributed by atoms with van der Waals surface area (Å²) in [6, 6.07) is 31.6. The minimum atomic E-state index is -4.56. The SMILES string of the molecule is CN(CCc1cccc(OCCCN(Cc2cccc(C(F)(F)F)c2Cl)C(C)(c2ccccc2)c2ccccc2)c1)CC(=O)O. The molecule has 4 aromatic carbocycles. The summed E-state index contributed by atoms with van der Waals surface area (Å²) in [4.78, 5) is 14.9. The maximum Gasteiger partial charge on any atom is 0.417 e. The van der Waals surface area contributed by atoms with Gasteiger partial charge in [0, 0.05) is 19.6 Å². The molecule has 0 aliphatic rings. The van der Waals surface area contributed by atoms with E-state index >= 15 is 0 Å². The summed E-state index contributed by atoms with van der Waals surface area (Å²) in [7, 11) is 1.77. The molecule has 5 nitrogen and oxygen atoms in total. The Morgan fingerprint density at radius 1 is 0.867 bits per heavy atom. The molecule has 0 aliphatic carbocycles. The number of nitrogens with zero attached hydrogens (tertiary/aromatic N) is 2. The van der Waals surface area contributed by atoms with E-state index in [2.05, 4.69) is 11.8 Å². The largest absolute Gasteiger partial charge is 0.494 e. The molecule has 45 heavy (non-hydrogen) atoms. The number of carboxylic acids is 1. The first-order valence-electron chi connectivity index (χ1n) is 14.8. The van der Waals surface area contributed by atoms with Crippen molar-refractivity contribution in [3.8, 4) is 5.75 Å². The van der Waals surface area contributed by atoms with Gasteiger partial charge in [-0.25, -0.2) is 0 Å². The number of hydrogen-bond acceptors (Lipinski definition) is 4. The third kappa shape index (κ3) is 9.10. The van der Waals surface area contributed by atoms with E-state index in [-0.39, 0.29) is 18.1 Å². The van der Waals surface area contributed by atoms with Crippen molar-refractivity contribution < 1.29 is 27.8 Å². The molecule has 0 amide bonds. The van der Waals surface area contributed by atoms with Gasteiger partial charge in [-0.1, -0.05) is 96.5 Å². The van der Waals surface area contributed by atoms with E-state index in [0.717, 1.165) is 22.8 Å². The molecule has 0 radical (unpaired) electrons. The van der Waals surface area contributed by atoms with Crippen molar-refractivity contribution in [2.24, 2.45) is 0 Å². The summed E-state index contributed by atoms with van der Waals surface area (Å²) < 4.78 is 47.4. The number of rotatable bonds is 15. The molecule has 0 saturated carbocycles. The van der Waals surface area contributed by atoms with Gasteiger partial charge < -0.3 is 9.84 Å². The lowest BCUT2D eigenvalue weighted by molar-refractivity contribution is -0.138. The van der Waals surface area contributed by atoms with Gasteiger partial charge in [-0.05, 0) is 67.3 Å². The monoisotopic (exact) mass is 638 g/mol. The van der Waals surface area contributed by atoms with E-state index < -0.39 is 23.2 Å². The van der Waals surface area contributed by atoms with Crippen molar-refractivity contribution in [3.63, 3.8) is 0 Å². The smallest absolute Gasteiger partial charge is 0.417 e. The van der Waals surface area contributed by atoms with Crippen LogP contribution >= 0.6 is 11.6 Å². The molecular weight excluding hydrogens is 601 g/mol. The number of hydrogen-bond donors (Lipinski definition) is 1. The van der Waals surface area contributed by atoms with Crippen LogP contribution in [0.15, 0.2) is 103 Å². The van der Waals surface area contributed by atoms with Crippen LogP contribution in [0.3, 0.4) is 0 Å². The van der Waals surface area contributed by atoms with Crippen molar-refractivity contribution in [2.75, 3.05) is 33.3 Å². The van der Waals surface area contributed by atoms with Gasteiger partial charge >= 0.3 is 12.1 Å². The topological polar surface area (TPSA) is 53.0 Å². The molecule has 4 rings (SSSR count). The maximum absolute atomic E-state index is 13.8. The summed E-state index contributed by atoms with van der Waals surface area (Å²) in [5.41, 5.74) is 1.89. The molecule has 0 aliphatic heterocycles. The van der Waals surface area contributed by atoms with E-state index in [9.17, 15) is 18.0 Å². The molecule has 0 unspecified atom stereocenters. The highest BCUT2D eigenvalue weighted by molar-refractivity contribution is 6.32. The highest BCUT2D eigenvalue weighted by Gasteiger charge is 2.37. The number of carbonyl (C=O) groups is 1. The summed E-state index contributed by atoms with van der Waals surface area (Å²) in [6.45, 7) is 3.73. The van der Waals surface area contributed by atoms with Gasteiger partial charge in [0.05, 0.1) is 29.3 Å². The number of carboxylic acid groups (broad SMARTS) is 1. The number of likely N-dealkylation sites (N-methyl/N-ethyl adjacent to an activating group) is 1. The molecule has 1 N–H and O–H groups in total. The van der Waals surface area contributed by atoms with Crippen LogP contribution in [-0.2, 0) is 29.5 Å². The van der Waals surface area contributed by atoms with Gasteiger partial charge in [-0.15, -0.1) is 0 Å². The lowest BCUT2D eigenvalue weighted by Crippen LogP contribution is -2.45. The first-order chi connectivity index (χ1) is 21.5. The van der Waals surface area contributed by atoms with Crippen molar-refractivity contribution in [3.05, 3.63) is 136 Å². The second-order valence-corrected chi connectivity index (χ2v) is 11.6. The Kier molecular flexibility index (Phi) is 11.7. The predicted octanol–water partition coefficient (Wildman–Crippen LogP) is 8.15. The molecule has 0 spiro atoms. The Bertz CT molecular complexity index is 1490. The van der Waals surface area contributed by atoms with Crippen LogP contribution in [0.25, 0.3) is 0 Å². The highest BCUT2D eigenvalue weighted by Crippen LogP contribution is 2.40. The Hall–Kier alpha value is -3.85. The zero-order valence-corrected chi connectivity index (χ0v) is 26.2. The zero-order chi connectivity index (χ0) is 32.5. The first-order valence-corrected chi connectivity index (χ1v) is 15.2. The summed E-state index contributed by atoms with van der Waals surface area (Å²) in [6.07, 6.45) is -3.29. The van der Waals surface area contributed by atoms with Gasteiger partial charge in [-0.2, -0.15) is 13.2 Å². The Balaban J connectivity index is 1.57. The molecule has 0 bridgehead atoms. The third-order valence-electron chi connectivity index (χ3n) is 7.98. The van der Waals surface area contributed by atoms with Crippen LogP contribution in [0.2, 0.25) is 5.02 Å². The quantitative estimate of drug-likeness (QED) is 0.133. The number of aliphatic carboxylic acids is 1. The first kappa shape index (κ1) is 34.0. The molecule has 0 fully saturated rings. The second-order valence-electron chi connectivity index (χ2n) is 11.2. The molecule has 9 heteroatoms. The van der Waals surface area contributed by atoms with E-state index in [4.69, 9.17) is 21.4 Å². The van der Waals surface area contributed by atoms with Crippen LogP contribution in [0.1, 0.15) is 41.2 Å². The van der Waals surface area contributed by atoms with Gasteiger partial charge in [0.2, 0.25) is 0 Å². The standard InChI is InChI=1S/C36H38ClF3N2O3/c1-35(29-14-5-3-6-15-29,30-16-7-4-8-17-30)42(25-28-13-10-19-32(34(28)37)36(38,39)40)21-11-23-45-31-18-9-12-27(24-31)20-22-41(2)26-33(43)44/h3-10,12-19,24H,11,20-23,25-26H2,1-2H3,(H,43,44). The zero-order valence-electron chi connectivity index (χ0n) is 25.4. The minimum Gasteiger partial charge on any atom is -0.494 e. The number of benzene rings is 4. The van der Waals surface area contributed by atoms with Crippen LogP contribution in [0.4, 0.5) is 13.2 Å². The summed E-state index contributed by atoms with van der Waals surface area (Å²) in [5, 5.41) is 8.70. The van der Waals surface area contributed by atoms with Crippen LogP contribution in [0.5, 0.6) is 5.75 Å². The van der Waals surface area contributed by atoms with Gasteiger partial charge in [0.1, 0.15) is 5.75 Å². The average molecular weight is 639 g/mol. The Morgan fingerprint density at radius 3 is 2.09 bits per heavy atom. The van der Waals surface area contributed by atoms with Gasteiger partial charge in [0.25, 0.3) is 0 Å². The van der Waals surface area contributed by atoms with Crippen LogP contribution < -0.4 is 4.74 Å². The van der Waals surface area contributed by atoms with Gasteiger partial charge in [-0.3, -0.25) is 14.6 Å². The lowest BCUT2D eigenvalue weighted by Gasteiger charge is -2.43. The lowest BCUT2D eigenvalue weighted by atomic mass is 9.82. The second kappa shape index (κ2) is 15.4. The van der Waals surface area contributed by atoms with E-state index in [1.54, 1.807) is 18.0 Å². The fourth-order valence-electron chi connectivity index (χ4n) is 5.51. The molecule has 4 aromatic rings. The number of ether oxygens (including phenoxy) is 1. The maximum atomic E-state index is 13.8. The third-order valence-corrected chi connectivity index (χ3v) is 8.42. The molecule has 0 heterocycles. The predicted molar refractivity (Wildman–Crippen MR) is 172 cm³/mol. The highest BCUT2D eigenvalue weighted by atomic mass is 35.5. The molecular formula is C36H38ClF3N2O3. The van der Waals surface area contributed by atoms with E-state index in [1.165, 1.54) is 6.07 Å². The van der Waals surface area contributed by atoms with E-state index in [0.29, 0.717) is 43.9 Å². The normalized spacial score (nSPS) is 12.1. The fraction of sp³-hybridized carbons (Fsp3) is 0.306. The molecule has 0 aromatic heterocycles.